The van der Waals surface area contributed by atoms with E-state index in [1.54, 1.807) is 0 Å². The Bertz CT molecular complexity index is 552. The molecular formula is C16H20O2. The van der Waals surface area contributed by atoms with Crippen LogP contribution in [0.25, 0.3) is 0 Å². The fourth-order valence-electron chi connectivity index (χ4n) is 2.16. The Hall–Kier alpha value is -1.54. The second-order valence-corrected chi connectivity index (χ2v) is 4.85. The van der Waals surface area contributed by atoms with Crippen LogP contribution in [0, 0.1) is 20.8 Å². The van der Waals surface area contributed by atoms with Gasteiger partial charge in [-0.25, -0.2) is 0 Å². The largest absolute Gasteiger partial charge is 0.463 e. The Kier molecular flexibility index (Phi) is 3.58. The van der Waals surface area contributed by atoms with Gasteiger partial charge in [0.2, 0.25) is 0 Å². The summed E-state index contributed by atoms with van der Waals surface area (Å²) in [4.78, 5) is 0. The molecule has 1 heterocycles. The molecule has 0 saturated carbocycles. The summed E-state index contributed by atoms with van der Waals surface area (Å²) in [6.45, 7) is 8.20. The van der Waals surface area contributed by atoms with E-state index < -0.39 is 6.10 Å². The molecule has 0 aliphatic rings. The lowest BCUT2D eigenvalue weighted by atomic mass is 9.96. The summed E-state index contributed by atoms with van der Waals surface area (Å²) in [6.07, 6.45) is 0.170. The minimum Gasteiger partial charge on any atom is -0.463 e. The summed E-state index contributed by atoms with van der Waals surface area (Å²) in [6, 6.07) is 7.94. The Morgan fingerprint density at radius 3 is 2.33 bits per heavy atom. The molecule has 2 rings (SSSR count). The third-order valence-electron chi connectivity index (χ3n) is 3.48. The van der Waals surface area contributed by atoms with Crippen molar-refractivity contribution >= 4 is 0 Å². The van der Waals surface area contributed by atoms with Gasteiger partial charge in [-0.2, -0.15) is 0 Å². The third kappa shape index (κ3) is 2.34. The monoisotopic (exact) mass is 244 g/mol. The van der Waals surface area contributed by atoms with E-state index in [4.69, 9.17) is 4.42 Å². The van der Waals surface area contributed by atoms with Crippen LogP contribution in [0.1, 0.15) is 46.8 Å². The second kappa shape index (κ2) is 4.99. The zero-order valence-corrected chi connectivity index (χ0v) is 11.4. The maximum absolute atomic E-state index is 10.4. The molecule has 0 spiro atoms. The van der Waals surface area contributed by atoms with E-state index in [2.05, 4.69) is 19.9 Å². The van der Waals surface area contributed by atoms with E-state index >= 15 is 0 Å². The SMILES string of the molecule is CCc1ccc(C(O)c2cc(C)c(C)cc2C)o1. The molecule has 1 aromatic heterocycles. The maximum atomic E-state index is 10.4. The van der Waals surface area contributed by atoms with E-state index in [-0.39, 0.29) is 0 Å². The standard InChI is InChI=1S/C16H20O2/c1-5-13-6-7-15(18-13)16(17)14-9-11(3)10(2)8-12(14)4/h6-9,16-17H,5H2,1-4H3. The van der Waals surface area contributed by atoms with Gasteiger partial charge in [-0.15, -0.1) is 0 Å². The average molecular weight is 244 g/mol. The first-order valence-electron chi connectivity index (χ1n) is 6.37. The van der Waals surface area contributed by atoms with Crippen LogP contribution in [-0.4, -0.2) is 5.11 Å². The number of rotatable bonds is 3. The van der Waals surface area contributed by atoms with Crippen molar-refractivity contribution in [2.45, 2.75) is 40.2 Å². The molecule has 0 bridgehead atoms. The van der Waals surface area contributed by atoms with Crippen LogP contribution >= 0.6 is 0 Å². The highest BCUT2D eigenvalue weighted by Crippen LogP contribution is 2.28. The molecule has 0 radical (unpaired) electrons. The van der Waals surface area contributed by atoms with Gasteiger partial charge in [0.1, 0.15) is 17.6 Å². The molecule has 2 aromatic rings. The van der Waals surface area contributed by atoms with Crippen molar-refractivity contribution in [3.8, 4) is 0 Å². The van der Waals surface area contributed by atoms with Gasteiger partial charge in [0, 0.05) is 6.42 Å². The molecule has 0 saturated heterocycles. The smallest absolute Gasteiger partial charge is 0.137 e. The Balaban J connectivity index is 2.39. The van der Waals surface area contributed by atoms with Gasteiger partial charge in [-0.05, 0) is 55.2 Å². The summed E-state index contributed by atoms with van der Waals surface area (Å²) >= 11 is 0. The average Bonchev–Trinajstić information content (AvgIpc) is 2.81. The van der Waals surface area contributed by atoms with Crippen LogP contribution < -0.4 is 0 Å². The lowest BCUT2D eigenvalue weighted by molar-refractivity contribution is 0.186. The first-order chi connectivity index (χ1) is 8.52. The van der Waals surface area contributed by atoms with Crippen molar-refractivity contribution in [3.05, 3.63) is 58.0 Å². The van der Waals surface area contributed by atoms with E-state index in [1.807, 2.05) is 32.0 Å². The van der Waals surface area contributed by atoms with Crippen LogP contribution in [0.2, 0.25) is 0 Å². The molecule has 1 unspecified atom stereocenters. The van der Waals surface area contributed by atoms with Crippen molar-refractivity contribution in [2.24, 2.45) is 0 Å². The fourth-order valence-corrected chi connectivity index (χ4v) is 2.16. The molecule has 1 aromatic carbocycles. The number of aliphatic hydroxyl groups excluding tert-OH is 1. The summed E-state index contributed by atoms with van der Waals surface area (Å²) in [5.74, 6) is 1.53. The number of aliphatic hydroxyl groups is 1. The highest BCUT2D eigenvalue weighted by Gasteiger charge is 2.17. The molecule has 18 heavy (non-hydrogen) atoms. The minimum atomic E-state index is -0.676. The van der Waals surface area contributed by atoms with E-state index in [1.165, 1.54) is 11.1 Å². The lowest BCUT2D eigenvalue weighted by Gasteiger charge is -2.14. The number of hydrogen-bond donors (Lipinski definition) is 1. The van der Waals surface area contributed by atoms with Crippen molar-refractivity contribution in [3.63, 3.8) is 0 Å². The molecule has 0 aliphatic carbocycles. The predicted molar refractivity (Wildman–Crippen MR) is 72.8 cm³/mol. The topological polar surface area (TPSA) is 33.4 Å². The molecule has 1 atom stereocenters. The van der Waals surface area contributed by atoms with Gasteiger partial charge >= 0.3 is 0 Å². The van der Waals surface area contributed by atoms with Crippen LogP contribution in [0.4, 0.5) is 0 Å². The summed E-state index contributed by atoms with van der Waals surface area (Å²) in [5, 5.41) is 10.4. The molecule has 1 N–H and O–H groups in total. The number of furan rings is 1. The molecule has 0 aliphatic heterocycles. The van der Waals surface area contributed by atoms with Gasteiger partial charge in [0.25, 0.3) is 0 Å². The first-order valence-corrected chi connectivity index (χ1v) is 6.37. The molecule has 2 nitrogen and oxygen atoms in total. The van der Waals surface area contributed by atoms with Crippen LogP contribution in [0.5, 0.6) is 0 Å². The van der Waals surface area contributed by atoms with E-state index in [0.717, 1.165) is 23.3 Å². The van der Waals surface area contributed by atoms with Crippen LogP contribution in [-0.2, 0) is 6.42 Å². The predicted octanol–water partition coefficient (Wildman–Crippen LogP) is 3.85. The Morgan fingerprint density at radius 2 is 1.72 bits per heavy atom. The first kappa shape index (κ1) is 12.9. The van der Waals surface area contributed by atoms with Crippen LogP contribution in [0.3, 0.4) is 0 Å². The van der Waals surface area contributed by atoms with Gasteiger partial charge in [0.15, 0.2) is 0 Å². The molecule has 96 valence electrons. The van der Waals surface area contributed by atoms with E-state index in [9.17, 15) is 5.11 Å². The number of benzene rings is 1. The second-order valence-electron chi connectivity index (χ2n) is 4.85. The van der Waals surface area contributed by atoms with Gasteiger partial charge in [-0.3, -0.25) is 0 Å². The fraction of sp³-hybridized carbons (Fsp3) is 0.375. The minimum absolute atomic E-state index is 0.623. The van der Waals surface area contributed by atoms with Crippen molar-refractivity contribution in [1.29, 1.82) is 0 Å². The quantitative estimate of drug-likeness (QED) is 0.889. The Morgan fingerprint density at radius 1 is 1.06 bits per heavy atom. The summed E-state index contributed by atoms with van der Waals surface area (Å²) < 4.78 is 5.62. The lowest BCUT2D eigenvalue weighted by Crippen LogP contribution is -2.02. The van der Waals surface area contributed by atoms with Crippen molar-refractivity contribution in [2.75, 3.05) is 0 Å². The number of aryl methyl sites for hydroxylation is 4. The van der Waals surface area contributed by atoms with Gasteiger partial charge in [-0.1, -0.05) is 19.1 Å². The number of hydrogen-bond acceptors (Lipinski definition) is 2. The van der Waals surface area contributed by atoms with Crippen molar-refractivity contribution < 1.29 is 9.52 Å². The summed E-state index contributed by atoms with van der Waals surface area (Å²) in [7, 11) is 0. The van der Waals surface area contributed by atoms with Crippen LogP contribution in [0.15, 0.2) is 28.7 Å². The van der Waals surface area contributed by atoms with Gasteiger partial charge < -0.3 is 9.52 Å². The third-order valence-corrected chi connectivity index (χ3v) is 3.48. The molecule has 2 heteroatoms. The molecular weight excluding hydrogens is 224 g/mol. The normalized spacial score (nSPS) is 12.7. The van der Waals surface area contributed by atoms with E-state index in [0.29, 0.717) is 5.76 Å². The highest BCUT2D eigenvalue weighted by molar-refractivity contribution is 5.40. The molecule has 0 amide bonds. The highest BCUT2D eigenvalue weighted by atomic mass is 16.4. The zero-order chi connectivity index (χ0) is 13.3. The zero-order valence-electron chi connectivity index (χ0n) is 11.4. The molecule has 0 fully saturated rings. The maximum Gasteiger partial charge on any atom is 0.137 e. The Labute approximate surface area is 108 Å². The van der Waals surface area contributed by atoms with Gasteiger partial charge in [0.05, 0.1) is 0 Å². The van der Waals surface area contributed by atoms with Crippen molar-refractivity contribution in [1.82, 2.24) is 0 Å². The summed E-state index contributed by atoms with van der Waals surface area (Å²) in [5.41, 5.74) is 4.46.